The highest BCUT2D eigenvalue weighted by Crippen LogP contribution is 2.37. The molecule has 0 radical (unpaired) electrons. The molecule has 7 N–H and O–H groups in total. The second-order valence-corrected chi connectivity index (χ2v) is 8.74. The van der Waals surface area contributed by atoms with E-state index >= 15 is 0 Å². The van der Waals surface area contributed by atoms with Crippen molar-refractivity contribution >= 4 is 34.7 Å². The van der Waals surface area contributed by atoms with Crippen LogP contribution in [0.15, 0.2) is 76.4 Å². The summed E-state index contributed by atoms with van der Waals surface area (Å²) in [7, 11) is 0. The summed E-state index contributed by atoms with van der Waals surface area (Å²) >= 11 is 0. The molecule has 0 amide bonds. The van der Waals surface area contributed by atoms with Crippen LogP contribution in [-0.2, 0) is 19.3 Å². The van der Waals surface area contributed by atoms with Crippen LogP contribution in [0.5, 0.6) is 0 Å². The van der Waals surface area contributed by atoms with Crippen LogP contribution in [0, 0.1) is 0 Å². The molecule has 1 aromatic heterocycles. The molecule has 4 rings (SSSR count). The Bertz CT molecular complexity index is 1730. The van der Waals surface area contributed by atoms with Gasteiger partial charge in [0.2, 0.25) is 0 Å². The largest absolute Gasteiger partial charge is 0.478 e. The maximum absolute atomic E-state index is 13.5. The van der Waals surface area contributed by atoms with E-state index < -0.39 is 34.9 Å². The lowest BCUT2D eigenvalue weighted by Crippen LogP contribution is -2.27. The molecule has 1 heterocycles. The van der Waals surface area contributed by atoms with Gasteiger partial charge in [0.05, 0.1) is 39.4 Å². The summed E-state index contributed by atoms with van der Waals surface area (Å²) in [5, 5.41) is 27.8. The van der Waals surface area contributed by atoms with Crippen molar-refractivity contribution in [2.24, 2.45) is 0 Å². The van der Waals surface area contributed by atoms with Gasteiger partial charge in [-0.25, -0.2) is 14.4 Å². The SMILES string of the molecule is O=C(O)c1ccccc1Nc1ccc(C(F)(F)F)cc1Nc1ccc(CNCc2c[nH]c(=O)[nH]c2=O)cc1C(=O)O. The van der Waals surface area contributed by atoms with Gasteiger partial charge >= 0.3 is 23.8 Å². The van der Waals surface area contributed by atoms with E-state index in [2.05, 4.69) is 25.9 Å². The summed E-state index contributed by atoms with van der Waals surface area (Å²) in [6, 6.07) is 12.8. The molecule has 0 saturated carbocycles. The van der Waals surface area contributed by atoms with Crippen LogP contribution in [0.25, 0.3) is 0 Å². The summed E-state index contributed by atoms with van der Waals surface area (Å²) < 4.78 is 40.5. The Morgan fingerprint density at radius 1 is 0.780 bits per heavy atom. The molecule has 0 saturated heterocycles. The number of anilines is 4. The molecular formula is C27H22F3N5O6. The van der Waals surface area contributed by atoms with Crippen molar-refractivity contribution in [3.05, 3.63) is 116 Å². The average Bonchev–Trinajstić information content (AvgIpc) is 2.91. The molecule has 212 valence electrons. The molecule has 41 heavy (non-hydrogen) atoms. The molecule has 0 unspecified atom stereocenters. The van der Waals surface area contributed by atoms with Crippen molar-refractivity contribution in [3.63, 3.8) is 0 Å². The van der Waals surface area contributed by atoms with Crippen LogP contribution in [0.4, 0.5) is 35.9 Å². The van der Waals surface area contributed by atoms with E-state index in [0.717, 1.165) is 18.2 Å². The van der Waals surface area contributed by atoms with Gasteiger partial charge in [-0.3, -0.25) is 9.78 Å². The van der Waals surface area contributed by atoms with E-state index in [-0.39, 0.29) is 52.5 Å². The Balaban J connectivity index is 1.63. The Kier molecular flexibility index (Phi) is 8.24. The fourth-order valence-electron chi connectivity index (χ4n) is 3.90. The number of alkyl halides is 3. The summed E-state index contributed by atoms with van der Waals surface area (Å²) in [5.41, 5.74) is -1.86. The van der Waals surface area contributed by atoms with Crippen LogP contribution < -0.4 is 27.2 Å². The average molecular weight is 569 g/mol. The second-order valence-electron chi connectivity index (χ2n) is 8.74. The van der Waals surface area contributed by atoms with Gasteiger partial charge in [0.1, 0.15) is 0 Å². The van der Waals surface area contributed by atoms with E-state index in [1.807, 2.05) is 0 Å². The summed E-state index contributed by atoms with van der Waals surface area (Å²) in [5.74, 6) is -2.61. The third-order valence-electron chi connectivity index (χ3n) is 5.90. The molecule has 11 nitrogen and oxygen atoms in total. The molecule has 3 aromatic carbocycles. The number of H-pyrrole nitrogens is 2. The Morgan fingerprint density at radius 2 is 1.44 bits per heavy atom. The Labute approximate surface area is 228 Å². The highest BCUT2D eigenvalue weighted by molar-refractivity contribution is 5.98. The first-order chi connectivity index (χ1) is 19.4. The highest BCUT2D eigenvalue weighted by Gasteiger charge is 2.31. The number of aromatic carboxylic acids is 2. The first kappa shape index (κ1) is 28.6. The minimum absolute atomic E-state index is 0.0211. The minimum atomic E-state index is -4.70. The van der Waals surface area contributed by atoms with E-state index in [0.29, 0.717) is 5.56 Å². The van der Waals surface area contributed by atoms with Crippen molar-refractivity contribution in [1.29, 1.82) is 0 Å². The van der Waals surface area contributed by atoms with Gasteiger partial charge in [-0.2, -0.15) is 13.2 Å². The van der Waals surface area contributed by atoms with Crippen molar-refractivity contribution in [3.8, 4) is 0 Å². The number of aromatic nitrogens is 2. The van der Waals surface area contributed by atoms with Gasteiger partial charge in [-0.15, -0.1) is 0 Å². The fourth-order valence-corrected chi connectivity index (χ4v) is 3.90. The molecule has 0 fully saturated rings. The molecule has 0 atom stereocenters. The van der Waals surface area contributed by atoms with Crippen LogP contribution in [0.2, 0.25) is 0 Å². The van der Waals surface area contributed by atoms with Gasteiger partial charge < -0.3 is 31.1 Å². The van der Waals surface area contributed by atoms with Gasteiger partial charge in [-0.05, 0) is 48.0 Å². The van der Waals surface area contributed by atoms with E-state index in [1.54, 1.807) is 12.1 Å². The van der Waals surface area contributed by atoms with Crippen LogP contribution in [0.1, 0.15) is 37.4 Å². The van der Waals surface area contributed by atoms with Crippen molar-refractivity contribution in [1.82, 2.24) is 15.3 Å². The Hall–Kier alpha value is -5.37. The van der Waals surface area contributed by atoms with E-state index in [4.69, 9.17) is 0 Å². The number of aromatic amines is 2. The first-order valence-corrected chi connectivity index (χ1v) is 11.9. The zero-order chi connectivity index (χ0) is 29.7. The predicted molar refractivity (Wildman–Crippen MR) is 143 cm³/mol. The highest BCUT2D eigenvalue weighted by atomic mass is 19.4. The van der Waals surface area contributed by atoms with E-state index in [1.165, 1.54) is 36.5 Å². The zero-order valence-electron chi connectivity index (χ0n) is 20.9. The predicted octanol–water partition coefficient (Wildman–Crippen LogP) is 4.26. The summed E-state index contributed by atoms with van der Waals surface area (Å²) in [6.07, 6.45) is -3.45. The summed E-state index contributed by atoms with van der Waals surface area (Å²) in [4.78, 5) is 51.1. The number of para-hydroxylation sites is 1. The third kappa shape index (κ3) is 6.99. The quantitative estimate of drug-likeness (QED) is 0.147. The molecule has 0 bridgehead atoms. The third-order valence-corrected chi connectivity index (χ3v) is 5.90. The van der Waals surface area contributed by atoms with Crippen LogP contribution in [0.3, 0.4) is 0 Å². The monoisotopic (exact) mass is 569 g/mol. The zero-order valence-corrected chi connectivity index (χ0v) is 20.9. The lowest BCUT2D eigenvalue weighted by Gasteiger charge is -2.19. The number of benzene rings is 3. The smallest absolute Gasteiger partial charge is 0.416 e. The number of carboxylic acid groups (broad SMARTS) is 2. The Morgan fingerprint density at radius 3 is 2.12 bits per heavy atom. The standard InChI is InChI=1S/C27H22F3N5O6/c28-27(29,30)16-6-8-21(33-19-4-2-1-3-17(19)24(37)38)22(10-16)34-20-7-5-14(9-18(20)25(39)40)11-31-12-15-13-32-26(41)35-23(15)36/h1-10,13,31,33-34H,11-12H2,(H,37,38)(H,39,40)(H2,32,35,36,41). The first-order valence-electron chi connectivity index (χ1n) is 11.9. The number of carbonyl (C=O) groups is 2. The molecule has 0 aliphatic carbocycles. The van der Waals surface area contributed by atoms with Crippen molar-refractivity contribution in [2.45, 2.75) is 19.3 Å². The number of rotatable bonds is 10. The molecule has 0 aliphatic rings. The molecule has 0 spiro atoms. The summed E-state index contributed by atoms with van der Waals surface area (Å²) in [6.45, 7) is 0.188. The molecule has 0 aliphatic heterocycles. The maximum atomic E-state index is 13.5. The van der Waals surface area contributed by atoms with Crippen LogP contribution >= 0.6 is 0 Å². The topological polar surface area (TPSA) is 176 Å². The number of carboxylic acids is 2. The normalized spacial score (nSPS) is 11.2. The number of hydrogen-bond donors (Lipinski definition) is 7. The van der Waals surface area contributed by atoms with E-state index in [9.17, 15) is 42.6 Å². The lowest BCUT2D eigenvalue weighted by atomic mass is 10.1. The van der Waals surface area contributed by atoms with Crippen LogP contribution in [-0.4, -0.2) is 32.1 Å². The second kappa shape index (κ2) is 11.8. The number of nitrogens with one attached hydrogen (secondary N) is 5. The van der Waals surface area contributed by atoms with Crippen molar-refractivity contribution in [2.75, 3.05) is 10.6 Å². The molecular weight excluding hydrogens is 547 g/mol. The molecule has 14 heteroatoms. The van der Waals surface area contributed by atoms with Gasteiger partial charge in [0.15, 0.2) is 0 Å². The van der Waals surface area contributed by atoms with Gasteiger partial charge in [0, 0.05) is 24.8 Å². The van der Waals surface area contributed by atoms with Crippen molar-refractivity contribution < 1.29 is 33.0 Å². The van der Waals surface area contributed by atoms with Gasteiger partial charge in [0.25, 0.3) is 5.56 Å². The lowest BCUT2D eigenvalue weighted by molar-refractivity contribution is -0.137. The number of hydrogen-bond acceptors (Lipinski definition) is 7. The molecule has 4 aromatic rings. The number of halogens is 3. The minimum Gasteiger partial charge on any atom is -0.478 e. The van der Waals surface area contributed by atoms with Gasteiger partial charge in [-0.1, -0.05) is 18.2 Å². The maximum Gasteiger partial charge on any atom is 0.416 e. The fraction of sp³-hybridized carbons (Fsp3) is 0.111.